The third-order valence-corrected chi connectivity index (χ3v) is 11.1. The van der Waals surface area contributed by atoms with E-state index in [4.69, 9.17) is 13.9 Å². The normalized spacial score (nSPS) is 21.0. The van der Waals surface area contributed by atoms with Crippen molar-refractivity contribution >= 4 is 8.32 Å². The molecule has 2 aromatic rings. The van der Waals surface area contributed by atoms with Gasteiger partial charge in [-0.2, -0.15) is 0 Å². The monoisotopic (exact) mass is 512 g/mol. The minimum Gasteiger partial charge on any atom is -0.414 e. The fourth-order valence-corrected chi connectivity index (χ4v) is 4.48. The predicted molar refractivity (Wildman–Crippen MR) is 141 cm³/mol. The molecule has 9 heteroatoms. The quantitative estimate of drug-likeness (QED) is 0.334. The van der Waals surface area contributed by atoms with Gasteiger partial charge in [0, 0.05) is 12.8 Å². The molecular weight excluding hydrogens is 476 g/mol. The van der Waals surface area contributed by atoms with Crippen molar-refractivity contribution in [2.45, 2.75) is 70.4 Å². The second-order valence-corrected chi connectivity index (χ2v) is 15.0. The topological polar surface area (TPSA) is 103 Å². The number of H-pyrrole nitrogens is 1. The van der Waals surface area contributed by atoms with Crippen LogP contribution in [0.5, 0.6) is 0 Å². The van der Waals surface area contributed by atoms with Gasteiger partial charge >= 0.3 is 5.69 Å². The maximum Gasteiger partial charge on any atom is 0.329 e. The molecule has 1 aromatic heterocycles. The molecule has 0 saturated heterocycles. The Bertz CT molecular complexity index is 1230. The number of aromatic amines is 1. The summed E-state index contributed by atoms with van der Waals surface area (Å²) in [5, 5.41) is 10.4. The summed E-state index contributed by atoms with van der Waals surface area (Å²) >= 11 is 0. The van der Waals surface area contributed by atoms with E-state index in [9.17, 15) is 14.7 Å². The zero-order chi connectivity index (χ0) is 26.5. The lowest BCUT2D eigenvalue weighted by Crippen LogP contribution is -2.47. The number of rotatable bonds is 7. The van der Waals surface area contributed by atoms with Gasteiger partial charge in [0.15, 0.2) is 14.6 Å². The molecular formula is C27H36N2O6Si. The van der Waals surface area contributed by atoms with Gasteiger partial charge in [-0.25, -0.2) is 4.79 Å². The highest BCUT2D eigenvalue weighted by Crippen LogP contribution is 2.37. The van der Waals surface area contributed by atoms with Crippen LogP contribution < -0.4 is 11.2 Å². The van der Waals surface area contributed by atoms with E-state index in [2.05, 4.69) is 50.7 Å². The maximum absolute atomic E-state index is 12.8. The largest absolute Gasteiger partial charge is 0.414 e. The van der Waals surface area contributed by atoms with Crippen molar-refractivity contribution in [2.75, 3.05) is 13.2 Å². The molecule has 0 aliphatic carbocycles. The molecule has 36 heavy (non-hydrogen) atoms. The van der Waals surface area contributed by atoms with E-state index in [1.165, 1.54) is 10.8 Å². The summed E-state index contributed by atoms with van der Waals surface area (Å²) in [6.07, 6.45) is 2.84. The van der Waals surface area contributed by atoms with Crippen LogP contribution in [0.25, 0.3) is 0 Å². The number of hydrogen-bond acceptors (Lipinski definition) is 6. The van der Waals surface area contributed by atoms with Crippen LogP contribution in [0.4, 0.5) is 0 Å². The Morgan fingerprint density at radius 3 is 2.53 bits per heavy atom. The Kier molecular flexibility index (Phi) is 8.92. The first kappa shape index (κ1) is 27.8. The number of nitrogens with zero attached hydrogens (tertiary/aromatic N) is 1. The van der Waals surface area contributed by atoms with Crippen LogP contribution >= 0.6 is 0 Å². The molecule has 2 N–H and O–H groups in total. The van der Waals surface area contributed by atoms with Gasteiger partial charge in [-0.3, -0.25) is 14.3 Å². The number of ether oxygens (including phenoxy) is 2. The number of aliphatic hydroxyl groups excluding tert-OH is 1. The van der Waals surface area contributed by atoms with E-state index in [-0.39, 0.29) is 17.2 Å². The Balaban J connectivity index is 1.94. The van der Waals surface area contributed by atoms with Crippen LogP contribution in [0.2, 0.25) is 18.1 Å². The van der Waals surface area contributed by atoms with Crippen LogP contribution in [0.15, 0.2) is 58.3 Å². The molecule has 4 atom stereocenters. The zero-order valence-electron chi connectivity index (χ0n) is 21.8. The first-order chi connectivity index (χ1) is 16.9. The van der Waals surface area contributed by atoms with E-state index < -0.39 is 44.1 Å². The van der Waals surface area contributed by atoms with Crippen molar-refractivity contribution < 1.29 is 19.0 Å². The molecule has 8 nitrogen and oxygen atoms in total. The Morgan fingerprint density at radius 1 is 1.19 bits per heavy atom. The van der Waals surface area contributed by atoms with Gasteiger partial charge in [0.25, 0.3) is 5.56 Å². The summed E-state index contributed by atoms with van der Waals surface area (Å²) in [6.45, 7) is 13.4. The molecule has 3 rings (SSSR count). The Morgan fingerprint density at radius 2 is 1.89 bits per heavy atom. The van der Waals surface area contributed by atoms with Crippen molar-refractivity contribution in [2.24, 2.45) is 0 Å². The first-order valence-electron chi connectivity index (χ1n) is 12.1. The van der Waals surface area contributed by atoms with Gasteiger partial charge in [-0.05, 0) is 36.7 Å². The minimum atomic E-state index is -2.09. The first-order valence-corrected chi connectivity index (χ1v) is 15.0. The van der Waals surface area contributed by atoms with E-state index in [1.54, 1.807) is 30.3 Å². The second kappa shape index (κ2) is 11.5. The molecule has 0 bridgehead atoms. The third-order valence-electron chi connectivity index (χ3n) is 6.65. The lowest BCUT2D eigenvalue weighted by molar-refractivity contribution is -0.163. The summed E-state index contributed by atoms with van der Waals surface area (Å²) in [7, 11) is -2.09. The second-order valence-electron chi connectivity index (χ2n) is 10.2. The average molecular weight is 513 g/mol. The lowest BCUT2D eigenvalue weighted by atomic mass is 10.1. The van der Waals surface area contributed by atoms with Crippen LogP contribution in [0.1, 0.15) is 51.0 Å². The summed E-state index contributed by atoms with van der Waals surface area (Å²) in [5.74, 6) is 5.40. The zero-order valence-corrected chi connectivity index (χ0v) is 22.8. The molecule has 0 fully saturated rings. The standard InChI is InChI=1S/C27H36N2O6Si/c1-7-33-24-16-14-21(23(35-24)18-34-36(5,6)27(2,3)4)29-17-20(25(31)28-26(29)32)13-15-22(30)19-11-9-8-10-12-19/h8-12,14,16-17,21-24,30H,7,18H2,1-6H3,(H,28,31,32)/t21-,22+,23+,24-/m0/s1. The van der Waals surface area contributed by atoms with E-state index in [1.807, 2.05) is 19.1 Å². The number of hydrogen-bond donors (Lipinski definition) is 2. The predicted octanol–water partition coefficient (Wildman–Crippen LogP) is 3.50. The molecule has 0 amide bonds. The number of aliphatic hydroxyl groups is 1. The minimum absolute atomic E-state index is 0.00346. The van der Waals surface area contributed by atoms with Crippen LogP contribution in [0, 0.1) is 11.8 Å². The van der Waals surface area contributed by atoms with Crippen molar-refractivity contribution in [1.82, 2.24) is 9.55 Å². The maximum atomic E-state index is 12.8. The van der Waals surface area contributed by atoms with Gasteiger partial charge in [0.05, 0.1) is 12.6 Å². The average Bonchev–Trinajstić information content (AvgIpc) is 2.82. The molecule has 194 valence electrons. The third kappa shape index (κ3) is 6.72. The molecule has 1 aliphatic rings. The Hall–Kier alpha value is -2.74. The summed E-state index contributed by atoms with van der Waals surface area (Å²) in [5.41, 5.74) is -0.525. The fourth-order valence-electron chi connectivity index (χ4n) is 3.46. The van der Waals surface area contributed by atoms with Gasteiger partial charge in [0.1, 0.15) is 17.8 Å². The lowest BCUT2D eigenvalue weighted by Gasteiger charge is -2.39. The highest BCUT2D eigenvalue weighted by Gasteiger charge is 2.39. The van der Waals surface area contributed by atoms with Crippen LogP contribution in [0.3, 0.4) is 0 Å². The molecule has 1 aromatic carbocycles. The van der Waals surface area contributed by atoms with E-state index in [0.717, 1.165) is 0 Å². The highest BCUT2D eigenvalue weighted by atomic mass is 28.4. The fraction of sp³-hybridized carbons (Fsp3) is 0.481. The molecule has 0 spiro atoms. The van der Waals surface area contributed by atoms with Gasteiger partial charge < -0.3 is 19.0 Å². The number of benzene rings is 1. The van der Waals surface area contributed by atoms with Crippen molar-refractivity contribution in [3.8, 4) is 11.8 Å². The SMILES string of the molecule is CCO[C@@H]1C=C[C@H](n2cc(C#C[C@@H](O)c3ccccc3)c(=O)[nH]c2=O)[C@@H](CO[Si](C)(C)C(C)(C)C)O1. The summed E-state index contributed by atoms with van der Waals surface area (Å²) < 4.78 is 19.6. The van der Waals surface area contributed by atoms with Crippen LogP contribution in [-0.2, 0) is 13.9 Å². The molecule has 0 unspecified atom stereocenters. The summed E-state index contributed by atoms with van der Waals surface area (Å²) in [4.78, 5) is 27.6. The van der Waals surface area contributed by atoms with E-state index >= 15 is 0 Å². The molecule has 0 saturated carbocycles. The van der Waals surface area contributed by atoms with E-state index in [0.29, 0.717) is 12.2 Å². The molecule has 1 aliphatic heterocycles. The van der Waals surface area contributed by atoms with Crippen molar-refractivity contribution in [3.05, 3.63) is 80.6 Å². The Labute approximate surface area is 213 Å². The van der Waals surface area contributed by atoms with Gasteiger partial charge in [-0.15, -0.1) is 0 Å². The van der Waals surface area contributed by atoms with Gasteiger partial charge in [0.2, 0.25) is 0 Å². The molecule has 2 heterocycles. The summed E-state index contributed by atoms with van der Waals surface area (Å²) in [6, 6.07) is 8.38. The molecule has 0 radical (unpaired) electrons. The number of aromatic nitrogens is 2. The van der Waals surface area contributed by atoms with Crippen LogP contribution in [-0.4, -0.2) is 48.6 Å². The number of nitrogens with one attached hydrogen (secondary N) is 1. The smallest absolute Gasteiger partial charge is 0.329 e. The van der Waals surface area contributed by atoms with Crippen molar-refractivity contribution in [1.29, 1.82) is 0 Å². The van der Waals surface area contributed by atoms with Gasteiger partial charge in [-0.1, -0.05) is 69.0 Å². The van der Waals surface area contributed by atoms with Crippen molar-refractivity contribution in [3.63, 3.8) is 0 Å². The highest BCUT2D eigenvalue weighted by molar-refractivity contribution is 6.74.